The van der Waals surface area contributed by atoms with Crippen molar-refractivity contribution in [3.8, 4) is 0 Å². The highest BCUT2D eigenvalue weighted by molar-refractivity contribution is 6.06. The Morgan fingerprint density at radius 1 is 0.654 bits per heavy atom. The van der Waals surface area contributed by atoms with Crippen LogP contribution in [0.1, 0.15) is 11.1 Å². The van der Waals surface area contributed by atoms with Crippen LogP contribution >= 0.6 is 0 Å². The van der Waals surface area contributed by atoms with E-state index in [4.69, 9.17) is 0 Å². The number of benzene rings is 4. The van der Waals surface area contributed by atoms with E-state index in [0.29, 0.717) is 0 Å². The molecule has 0 bridgehead atoms. The van der Waals surface area contributed by atoms with E-state index in [2.05, 4.69) is 114 Å². The summed E-state index contributed by atoms with van der Waals surface area (Å²) in [7, 11) is 2.18. The zero-order chi connectivity index (χ0) is 17.6. The lowest BCUT2D eigenvalue weighted by Crippen LogP contribution is -2.53. The Hall–Kier alpha value is -3.26. The summed E-state index contributed by atoms with van der Waals surface area (Å²) in [5.41, 5.74) is 4.40. The van der Waals surface area contributed by atoms with Crippen LogP contribution in [0.25, 0.3) is 10.8 Å². The fourth-order valence-corrected chi connectivity index (χ4v) is 4.22. The van der Waals surface area contributed by atoms with Crippen molar-refractivity contribution in [3.63, 3.8) is 0 Å². The van der Waals surface area contributed by atoms with Gasteiger partial charge in [-0.15, -0.1) is 0 Å². The summed E-state index contributed by atoms with van der Waals surface area (Å²) >= 11 is 0. The molecule has 0 radical (unpaired) electrons. The van der Waals surface area contributed by atoms with Crippen molar-refractivity contribution < 1.29 is 0 Å². The summed E-state index contributed by atoms with van der Waals surface area (Å²) in [6.07, 6.45) is 0. The van der Waals surface area contributed by atoms with E-state index in [9.17, 15) is 0 Å². The first kappa shape index (κ1) is 15.0. The van der Waals surface area contributed by atoms with E-state index < -0.39 is 5.66 Å². The van der Waals surface area contributed by atoms with Crippen molar-refractivity contribution in [2.24, 2.45) is 0 Å². The van der Waals surface area contributed by atoms with Crippen LogP contribution in [-0.2, 0) is 5.66 Å². The third kappa shape index (κ3) is 1.99. The SMILES string of the molecule is CN1c2cccc3cccc(c23)NC1(c1ccccc1)c1ccccc1. The Balaban J connectivity index is 1.85. The molecule has 0 aromatic heterocycles. The monoisotopic (exact) mass is 336 g/mol. The largest absolute Gasteiger partial charge is 0.355 e. The zero-order valence-corrected chi connectivity index (χ0v) is 14.7. The highest BCUT2D eigenvalue weighted by Crippen LogP contribution is 2.47. The Labute approximate surface area is 153 Å². The van der Waals surface area contributed by atoms with Gasteiger partial charge in [-0.2, -0.15) is 0 Å². The summed E-state index contributed by atoms with van der Waals surface area (Å²) < 4.78 is 0. The minimum atomic E-state index is -0.453. The van der Waals surface area contributed by atoms with Gasteiger partial charge in [0.25, 0.3) is 0 Å². The highest BCUT2D eigenvalue weighted by Gasteiger charge is 2.42. The maximum Gasteiger partial charge on any atom is 0.163 e. The molecule has 4 aromatic rings. The van der Waals surface area contributed by atoms with Crippen LogP contribution in [0, 0.1) is 0 Å². The Bertz CT molecular complexity index is 1030. The molecule has 126 valence electrons. The molecule has 5 rings (SSSR count). The van der Waals surface area contributed by atoms with Gasteiger partial charge in [0.2, 0.25) is 0 Å². The topological polar surface area (TPSA) is 15.3 Å². The van der Waals surface area contributed by atoms with E-state index in [1.165, 1.54) is 33.3 Å². The van der Waals surface area contributed by atoms with Gasteiger partial charge in [0.1, 0.15) is 0 Å². The second-order valence-corrected chi connectivity index (χ2v) is 6.81. The van der Waals surface area contributed by atoms with Crippen LogP contribution in [0.3, 0.4) is 0 Å². The first-order chi connectivity index (χ1) is 12.8. The Morgan fingerprint density at radius 3 is 1.85 bits per heavy atom. The zero-order valence-electron chi connectivity index (χ0n) is 14.7. The lowest BCUT2D eigenvalue weighted by Gasteiger charge is -2.48. The summed E-state index contributed by atoms with van der Waals surface area (Å²) in [5.74, 6) is 0. The van der Waals surface area contributed by atoms with E-state index in [1.54, 1.807) is 0 Å². The number of hydrogen-bond acceptors (Lipinski definition) is 2. The number of anilines is 2. The van der Waals surface area contributed by atoms with Crippen LogP contribution < -0.4 is 10.2 Å². The maximum absolute atomic E-state index is 3.88. The lowest BCUT2D eigenvalue weighted by atomic mass is 9.86. The molecule has 0 atom stereocenters. The fraction of sp³-hybridized carbons (Fsp3) is 0.0833. The van der Waals surface area contributed by atoms with Crippen molar-refractivity contribution in [3.05, 3.63) is 108 Å². The molecule has 1 heterocycles. The molecule has 0 fully saturated rings. The maximum atomic E-state index is 3.88. The molecule has 2 heteroatoms. The lowest BCUT2D eigenvalue weighted by molar-refractivity contribution is 0.571. The number of nitrogens with one attached hydrogen (secondary N) is 1. The molecular weight excluding hydrogens is 316 g/mol. The van der Waals surface area contributed by atoms with Gasteiger partial charge in [-0.05, 0) is 17.5 Å². The van der Waals surface area contributed by atoms with Gasteiger partial charge in [-0.1, -0.05) is 84.9 Å². The van der Waals surface area contributed by atoms with E-state index >= 15 is 0 Å². The molecular formula is C24H20N2. The average molecular weight is 336 g/mol. The van der Waals surface area contributed by atoms with Gasteiger partial charge >= 0.3 is 0 Å². The third-order valence-electron chi connectivity index (χ3n) is 5.45. The van der Waals surface area contributed by atoms with E-state index in [1.807, 2.05) is 0 Å². The first-order valence-corrected chi connectivity index (χ1v) is 8.95. The number of nitrogens with zero attached hydrogens (tertiary/aromatic N) is 1. The van der Waals surface area contributed by atoms with E-state index in [-0.39, 0.29) is 0 Å². The van der Waals surface area contributed by atoms with Crippen LogP contribution in [0.4, 0.5) is 11.4 Å². The highest BCUT2D eigenvalue weighted by atomic mass is 15.3. The molecule has 0 amide bonds. The quantitative estimate of drug-likeness (QED) is 0.512. The third-order valence-corrected chi connectivity index (χ3v) is 5.45. The molecule has 0 saturated heterocycles. The number of hydrogen-bond donors (Lipinski definition) is 1. The molecule has 0 unspecified atom stereocenters. The van der Waals surface area contributed by atoms with Gasteiger partial charge < -0.3 is 10.2 Å². The van der Waals surface area contributed by atoms with Gasteiger partial charge in [-0.25, -0.2) is 0 Å². The summed E-state index contributed by atoms with van der Waals surface area (Å²) in [6.45, 7) is 0. The molecule has 4 aromatic carbocycles. The van der Waals surface area contributed by atoms with Crippen LogP contribution in [0.2, 0.25) is 0 Å². The average Bonchev–Trinajstić information content (AvgIpc) is 2.72. The minimum Gasteiger partial charge on any atom is -0.355 e. The van der Waals surface area contributed by atoms with Gasteiger partial charge in [0, 0.05) is 34.9 Å². The van der Waals surface area contributed by atoms with Crippen molar-refractivity contribution >= 4 is 22.1 Å². The number of rotatable bonds is 2. The van der Waals surface area contributed by atoms with Gasteiger partial charge in [0.15, 0.2) is 5.66 Å². The molecule has 1 N–H and O–H groups in total. The van der Waals surface area contributed by atoms with Crippen LogP contribution in [-0.4, -0.2) is 7.05 Å². The van der Waals surface area contributed by atoms with E-state index in [0.717, 1.165) is 0 Å². The second kappa shape index (κ2) is 5.63. The summed E-state index contributed by atoms with van der Waals surface area (Å²) in [4.78, 5) is 2.37. The van der Waals surface area contributed by atoms with Crippen molar-refractivity contribution in [2.75, 3.05) is 17.3 Å². The molecule has 0 spiro atoms. The minimum absolute atomic E-state index is 0.453. The predicted molar refractivity (Wildman–Crippen MR) is 110 cm³/mol. The predicted octanol–water partition coefficient (Wildman–Crippen LogP) is 5.60. The fourth-order valence-electron chi connectivity index (χ4n) is 4.22. The summed E-state index contributed by atoms with van der Waals surface area (Å²) in [5, 5.41) is 6.42. The molecule has 2 nitrogen and oxygen atoms in total. The second-order valence-electron chi connectivity index (χ2n) is 6.81. The van der Waals surface area contributed by atoms with Crippen LogP contribution in [0.15, 0.2) is 97.1 Å². The van der Waals surface area contributed by atoms with Gasteiger partial charge in [0.05, 0.1) is 0 Å². The smallest absolute Gasteiger partial charge is 0.163 e. The molecule has 0 aliphatic carbocycles. The Morgan fingerprint density at radius 2 is 1.23 bits per heavy atom. The standard InChI is InChI=1S/C24H20N2/c1-26-22-17-9-11-18-10-8-16-21(23(18)22)25-24(26,19-12-4-2-5-13-19)20-14-6-3-7-15-20/h2-17,25H,1H3. The first-order valence-electron chi connectivity index (χ1n) is 8.95. The molecule has 26 heavy (non-hydrogen) atoms. The molecule has 1 aliphatic rings. The Kier molecular flexibility index (Phi) is 3.26. The van der Waals surface area contributed by atoms with Crippen molar-refractivity contribution in [1.82, 2.24) is 0 Å². The van der Waals surface area contributed by atoms with Crippen molar-refractivity contribution in [2.45, 2.75) is 5.66 Å². The molecule has 0 saturated carbocycles. The normalized spacial score (nSPS) is 14.9. The van der Waals surface area contributed by atoms with Crippen LogP contribution in [0.5, 0.6) is 0 Å². The summed E-state index contributed by atoms with van der Waals surface area (Å²) in [6, 6.07) is 34.4. The van der Waals surface area contributed by atoms with Gasteiger partial charge in [-0.3, -0.25) is 0 Å². The van der Waals surface area contributed by atoms with Crippen molar-refractivity contribution in [1.29, 1.82) is 0 Å². The molecule has 1 aliphatic heterocycles.